The van der Waals surface area contributed by atoms with E-state index >= 15 is 0 Å². The van der Waals surface area contributed by atoms with Crippen LogP contribution in [0, 0.1) is 11.8 Å². The number of hydrogen-bond donors (Lipinski definition) is 1. The molecule has 2 rings (SSSR count). The van der Waals surface area contributed by atoms with Crippen LogP contribution in [0.25, 0.3) is 0 Å². The van der Waals surface area contributed by atoms with E-state index in [4.69, 9.17) is 4.74 Å². The Kier molecular flexibility index (Phi) is 6.11. The summed E-state index contributed by atoms with van der Waals surface area (Å²) in [4.78, 5) is 13.8. The number of hydrogen-bond acceptors (Lipinski definition) is 4. The van der Waals surface area contributed by atoms with Crippen molar-refractivity contribution in [3.8, 4) is 0 Å². The van der Waals surface area contributed by atoms with Crippen LogP contribution in [0.5, 0.6) is 0 Å². The maximum Gasteiger partial charge on any atom is 0.307 e. The highest BCUT2D eigenvalue weighted by molar-refractivity contribution is 5.69. The van der Waals surface area contributed by atoms with Crippen molar-refractivity contribution in [2.75, 3.05) is 39.3 Å². The van der Waals surface area contributed by atoms with E-state index in [2.05, 4.69) is 10.2 Å². The van der Waals surface area contributed by atoms with Gasteiger partial charge in [0.1, 0.15) is 0 Å². The third kappa shape index (κ3) is 4.77. The maximum absolute atomic E-state index is 11.3. The van der Waals surface area contributed by atoms with Crippen molar-refractivity contribution in [1.82, 2.24) is 10.2 Å². The Hall–Kier alpha value is -0.610. The molecule has 0 radical (unpaired) electrons. The molecule has 0 amide bonds. The second-order valence-electron chi connectivity index (χ2n) is 5.82. The van der Waals surface area contributed by atoms with Crippen molar-refractivity contribution >= 4 is 5.97 Å². The molecule has 2 aliphatic heterocycles. The van der Waals surface area contributed by atoms with Crippen LogP contribution in [0.15, 0.2) is 0 Å². The lowest BCUT2D eigenvalue weighted by molar-refractivity contribution is -0.143. The molecule has 110 valence electrons. The van der Waals surface area contributed by atoms with Gasteiger partial charge >= 0.3 is 5.97 Å². The summed E-state index contributed by atoms with van der Waals surface area (Å²) in [5.74, 6) is 1.80. The highest BCUT2D eigenvalue weighted by atomic mass is 16.5. The summed E-state index contributed by atoms with van der Waals surface area (Å²) in [5.41, 5.74) is 0. The molecule has 4 heteroatoms. The molecule has 1 N–H and O–H groups in total. The first-order chi connectivity index (χ1) is 9.29. The Balaban J connectivity index is 1.63. The van der Waals surface area contributed by atoms with Gasteiger partial charge in [0, 0.05) is 6.54 Å². The molecule has 0 unspecified atom stereocenters. The molecule has 0 aromatic heterocycles. The predicted molar refractivity (Wildman–Crippen MR) is 76.0 cm³/mol. The van der Waals surface area contributed by atoms with Crippen molar-refractivity contribution in [1.29, 1.82) is 0 Å². The van der Waals surface area contributed by atoms with E-state index in [-0.39, 0.29) is 5.97 Å². The second kappa shape index (κ2) is 7.85. The van der Waals surface area contributed by atoms with Gasteiger partial charge in [-0.25, -0.2) is 0 Å². The topological polar surface area (TPSA) is 41.6 Å². The van der Waals surface area contributed by atoms with Gasteiger partial charge in [-0.05, 0) is 70.6 Å². The lowest BCUT2D eigenvalue weighted by Gasteiger charge is -2.37. The second-order valence-corrected chi connectivity index (χ2v) is 5.82. The molecule has 0 saturated carbocycles. The zero-order valence-corrected chi connectivity index (χ0v) is 12.2. The van der Waals surface area contributed by atoms with Crippen LogP contribution >= 0.6 is 0 Å². The summed E-state index contributed by atoms with van der Waals surface area (Å²) < 4.78 is 4.98. The van der Waals surface area contributed by atoms with E-state index in [1.165, 1.54) is 38.8 Å². The first-order valence-corrected chi connectivity index (χ1v) is 7.88. The van der Waals surface area contributed by atoms with E-state index < -0.39 is 0 Å². The largest absolute Gasteiger partial charge is 0.466 e. The number of nitrogens with zero attached hydrogens (tertiary/aromatic N) is 1. The molecule has 0 aromatic carbocycles. The van der Waals surface area contributed by atoms with Gasteiger partial charge in [0.2, 0.25) is 0 Å². The van der Waals surface area contributed by atoms with Crippen LogP contribution in [0.3, 0.4) is 0 Å². The van der Waals surface area contributed by atoms with E-state index in [1.807, 2.05) is 6.92 Å². The molecule has 2 aliphatic rings. The van der Waals surface area contributed by atoms with Crippen LogP contribution in [-0.4, -0.2) is 50.2 Å². The number of esters is 1. The zero-order valence-electron chi connectivity index (χ0n) is 12.2. The summed E-state index contributed by atoms with van der Waals surface area (Å²) in [6.07, 6.45) is 5.88. The normalized spacial score (nSPS) is 23.4. The van der Waals surface area contributed by atoms with Gasteiger partial charge in [0.15, 0.2) is 0 Å². The summed E-state index contributed by atoms with van der Waals surface area (Å²) in [7, 11) is 0. The van der Waals surface area contributed by atoms with Gasteiger partial charge in [-0.3, -0.25) is 4.79 Å². The van der Waals surface area contributed by atoms with Gasteiger partial charge < -0.3 is 15.0 Å². The summed E-state index contributed by atoms with van der Waals surface area (Å²) in [6.45, 7) is 7.96. The van der Waals surface area contributed by atoms with Crippen LogP contribution < -0.4 is 5.32 Å². The standard InChI is InChI=1S/C15H28N2O2/c1-2-19-15(18)7-12-17-10-5-14(6-11-17)13-3-8-16-9-4-13/h13-14,16H,2-12H2,1H3. The van der Waals surface area contributed by atoms with E-state index in [0.717, 1.165) is 31.5 Å². The minimum atomic E-state index is -0.0528. The summed E-state index contributed by atoms with van der Waals surface area (Å²) >= 11 is 0. The van der Waals surface area contributed by atoms with Crippen LogP contribution in [-0.2, 0) is 9.53 Å². The summed E-state index contributed by atoms with van der Waals surface area (Å²) in [5, 5.41) is 3.45. The number of ether oxygens (including phenoxy) is 1. The number of rotatable bonds is 5. The van der Waals surface area contributed by atoms with Crippen LogP contribution in [0.4, 0.5) is 0 Å². The highest BCUT2D eigenvalue weighted by Gasteiger charge is 2.27. The zero-order chi connectivity index (χ0) is 13.5. The Morgan fingerprint density at radius 3 is 2.42 bits per heavy atom. The lowest BCUT2D eigenvalue weighted by atomic mass is 9.79. The van der Waals surface area contributed by atoms with Gasteiger partial charge in [-0.2, -0.15) is 0 Å². The highest BCUT2D eigenvalue weighted by Crippen LogP contribution is 2.30. The minimum absolute atomic E-state index is 0.0528. The number of likely N-dealkylation sites (tertiary alicyclic amines) is 1. The Morgan fingerprint density at radius 2 is 1.79 bits per heavy atom. The van der Waals surface area contributed by atoms with Crippen molar-refractivity contribution in [3.63, 3.8) is 0 Å². The first-order valence-electron chi connectivity index (χ1n) is 7.88. The molecule has 0 atom stereocenters. The summed E-state index contributed by atoms with van der Waals surface area (Å²) in [6, 6.07) is 0. The Labute approximate surface area is 116 Å². The maximum atomic E-state index is 11.3. The van der Waals surface area contributed by atoms with E-state index in [0.29, 0.717) is 13.0 Å². The quantitative estimate of drug-likeness (QED) is 0.770. The van der Waals surface area contributed by atoms with Crippen molar-refractivity contribution in [3.05, 3.63) is 0 Å². The number of nitrogens with one attached hydrogen (secondary N) is 1. The monoisotopic (exact) mass is 268 g/mol. The fourth-order valence-electron chi connectivity index (χ4n) is 3.45. The first kappa shape index (κ1) is 14.8. The number of piperidine rings is 2. The van der Waals surface area contributed by atoms with Crippen LogP contribution in [0.2, 0.25) is 0 Å². The minimum Gasteiger partial charge on any atom is -0.466 e. The SMILES string of the molecule is CCOC(=O)CCN1CCC(C2CCNCC2)CC1. The van der Waals surface area contributed by atoms with Crippen molar-refractivity contribution in [2.24, 2.45) is 11.8 Å². The van der Waals surface area contributed by atoms with Crippen molar-refractivity contribution in [2.45, 2.75) is 39.0 Å². The molecular weight excluding hydrogens is 240 g/mol. The molecule has 4 nitrogen and oxygen atoms in total. The third-order valence-corrected chi connectivity index (χ3v) is 4.62. The lowest BCUT2D eigenvalue weighted by Crippen LogP contribution is -2.40. The smallest absolute Gasteiger partial charge is 0.307 e. The fraction of sp³-hybridized carbons (Fsp3) is 0.933. The van der Waals surface area contributed by atoms with Gasteiger partial charge in [0.05, 0.1) is 13.0 Å². The predicted octanol–water partition coefficient (Wildman–Crippen LogP) is 1.65. The van der Waals surface area contributed by atoms with Gasteiger partial charge in [-0.15, -0.1) is 0 Å². The van der Waals surface area contributed by atoms with Crippen molar-refractivity contribution < 1.29 is 9.53 Å². The molecule has 2 fully saturated rings. The Bertz CT molecular complexity index is 269. The molecule has 0 bridgehead atoms. The molecule has 2 saturated heterocycles. The fourth-order valence-corrected chi connectivity index (χ4v) is 3.45. The number of carbonyl (C=O) groups excluding carboxylic acids is 1. The van der Waals surface area contributed by atoms with E-state index in [1.54, 1.807) is 0 Å². The molecule has 19 heavy (non-hydrogen) atoms. The molecular formula is C15H28N2O2. The third-order valence-electron chi connectivity index (χ3n) is 4.62. The van der Waals surface area contributed by atoms with Crippen LogP contribution in [0.1, 0.15) is 39.0 Å². The average molecular weight is 268 g/mol. The molecule has 0 spiro atoms. The molecule has 2 heterocycles. The average Bonchev–Trinajstić information content (AvgIpc) is 2.47. The van der Waals surface area contributed by atoms with Gasteiger partial charge in [-0.1, -0.05) is 0 Å². The Morgan fingerprint density at radius 1 is 1.16 bits per heavy atom. The number of carbonyl (C=O) groups is 1. The molecule has 0 aliphatic carbocycles. The van der Waals surface area contributed by atoms with Gasteiger partial charge in [0.25, 0.3) is 0 Å². The van der Waals surface area contributed by atoms with E-state index in [9.17, 15) is 4.79 Å². The molecule has 0 aromatic rings.